The molecule has 3 aliphatic heterocycles. The van der Waals surface area contributed by atoms with Crippen LogP contribution < -0.4 is 16.0 Å². The second kappa shape index (κ2) is 7.29. The van der Waals surface area contributed by atoms with E-state index in [0.29, 0.717) is 31.1 Å². The molecule has 0 spiro atoms. The zero-order valence-electron chi connectivity index (χ0n) is 16.5. The highest BCUT2D eigenvalue weighted by Crippen LogP contribution is 2.31. The van der Waals surface area contributed by atoms with Crippen molar-refractivity contribution in [3.63, 3.8) is 0 Å². The molecule has 28 heavy (non-hydrogen) atoms. The number of imide groups is 1. The summed E-state index contributed by atoms with van der Waals surface area (Å²) >= 11 is 0. The summed E-state index contributed by atoms with van der Waals surface area (Å²) < 4.78 is 0. The lowest BCUT2D eigenvalue weighted by molar-refractivity contribution is -0.136. The molecule has 0 aromatic heterocycles. The zero-order chi connectivity index (χ0) is 19.9. The van der Waals surface area contributed by atoms with Crippen molar-refractivity contribution < 1.29 is 14.4 Å². The highest BCUT2D eigenvalue weighted by molar-refractivity contribution is 6.05. The van der Waals surface area contributed by atoms with Crippen LogP contribution in [0.25, 0.3) is 0 Å². The number of rotatable bonds is 4. The molecule has 3 amide bonds. The normalized spacial score (nSPS) is 26.9. The van der Waals surface area contributed by atoms with Crippen LogP contribution in [0.5, 0.6) is 0 Å². The molecule has 2 saturated heterocycles. The number of hydrogen-bond acceptors (Lipinski definition) is 5. The van der Waals surface area contributed by atoms with Gasteiger partial charge in [-0.1, -0.05) is 32.0 Å². The first kappa shape index (κ1) is 19.1. The Labute approximate surface area is 165 Å². The van der Waals surface area contributed by atoms with Gasteiger partial charge in [-0.05, 0) is 35.9 Å². The summed E-state index contributed by atoms with van der Waals surface area (Å²) in [7, 11) is 0. The quantitative estimate of drug-likeness (QED) is 0.672. The molecule has 1 aromatic carbocycles. The zero-order valence-corrected chi connectivity index (χ0v) is 16.5. The first-order valence-corrected chi connectivity index (χ1v) is 10.1. The second-order valence-electron chi connectivity index (χ2n) is 8.74. The minimum Gasteiger partial charge on any atom is -0.322 e. The first-order valence-electron chi connectivity index (χ1n) is 10.1. The van der Waals surface area contributed by atoms with E-state index < -0.39 is 6.04 Å². The number of nitrogens with zero attached hydrogens (tertiary/aromatic N) is 1. The van der Waals surface area contributed by atoms with Crippen LogP contribution in [0.2, 0.25) is 0 Å². The second-order valence-corrected chi connectivity index (χ2v) is 8.74. The molecule has 2 unspecified atom stereocenters. The Morgan fingerprint density at radius 3 is 2.79 bits per heavy atom. The van der Waals surface area contributed by atoms with Gasteiger partial charge in [0.1, 0.15) is 6.04 Å². The molecule has 3 aliphatic rings. The van der Waals surface area contributed by atoms with E-state index in [1.54, 1.807) is 4.90 Å². The van der Waals surface area contributed by atoms with Gasteiger partial charge >= 0.3 is 0 Å². The Balaban J connectivity index is 1.50. The molecule has 4 rings (SSSR count). The molecule has 2 atom stereocenters. The van der Waals surface area contributed by atoms with E-state index >= 15 is 0 Å². The maximum Gasteiger partial charge on any atom is 0.255 e. The van der Waals surface area contributed by atoms with Crippen molar-refractivity contribution in [1.82, 2.24) is 20.9 Å². The molecule has 0 bridgehead atoms. The van der Waals surface area contributed by atoms with Crippen LogP contribution in [0.1, 0.15) is 54.6 Å². The summed E-state index contributed by atoms with van der Waals surface area (Å²) in [5, 5.41) is 9.45. The number of amides is 3. The maximum atomic E-state index is 13.1. The molecular weight excluding hydrogens is 356 g/mol. The van der Waals surface area contributed by atoms with Crippen LogP contribution in [0, 0.1) is 5.41 Å². The topological polar surface area (TPSA) is 90.5 Å². The number of hydrogen-bond donors (Lipinski definition) is 3. The minimum atomic E-state index is -0.568. The van der Waals surface area contributed by atoms with Gasteiger partial charge in [0.15, 0.2) is 0 Å². The highest BCUT2D eigenvalue weighted by Gasteiger charge is 2.40. The van der Waals surface area contributed by atoms with Crippen LogP contribution in [0.3, 0.4) is 0 Å². The molecule has 3 N–H and O–H groups in total. The highest BCUT2D eigenvalue weighted by atomic mass is 16.2. The molecule has 1 aromatic rings. The maximum absolute atomic E-state index is 13.1. The van der Waals surface area contributed by atoms with Crippen LogP contribution >= 0.6 is 0 Å². The number of fused-ring (bicyclic) bond motifs is 1. The van der Waals surface area contributed by atoms with Crippen LogP contribution in [0.15, 0.2) is 18.2 Å². The number of benzene rings is 1. The van der Waals surface area contributed by atoms with Crippen molar-refractivity contribution in [1.29, 1.82) is 0 Å². The molecule has 7 nitrogen and oxygen atoms in total. The fraction of sp³-hybridized carbons (Fsp3) is 0.571. The molecule has 7 heteroatoms. The number of carbonyl (C=O) groups is 3. The van der Waals surface area contributed by atoms with E-state index in [9.17, 15) is 14.4 Å². The molecule has 2 fully saturated rings. The molecule has 0 saturated carbocycles. The van der Waals surface area contributed by atoms with Crippen molar-refractivity contribution in [3.8, 4) is 0 Å². The molecule has 0 radical (unpaired) electrons. The lowest BCUT2D eigenvalue weighted by Crippen LogP contribution is -2.53. The van der Waals surface area contributed by atoms with Gasteiger partial charge in [-0.25, -0.2) is 0 Å². The van der Waals surface area contributed by atoms with Crippen LogP contribution in [-0.4, -0.2) is 47.8 Å². The fourth-order valence-corrected chi connectivity index (χ4v) is 4.62. The summed E-state index contributed by atoms with van der Waals surface area (Å²) in [5.74, 6) is -0.736. The minimum absolute atomic E-state index is 0.105. The Morgan fingerprint density at radius 1 is 1.21 bits per heavy atom. The van der Waals surface area contributed by atoms with E-state index in [4.69, 9.17) is 0 Å². The monoisotopic (exact) mass is 384 g/mol. The van der Waals surface area contributed by atoms with E-state index in [-0.39, 0.29) is 29.6 Å². The summed E-state index contributed by atoms with van der Waals surface area (Å²) in [6.45, 7) is 7.53. The molecule has 3 heterocycles. The van der Waals surface area contributed by atoms with Crippen molar-refractivity contribution in [2.45, 2.75) is 58.3 Å². The van der Waals surface area contributed by atoms with Gasteiger partial charge in [0.25, 0.3) is 5.91 Å². The Morgan fingerprint density at radius 2 is 2.04 bits per heavy atom. The third-order valence-corrected chi connectivity index (χ3v) is 6.31. The van der Waals surface area contributed by atoms with E-state index in [1.807, 2.05) is 18.2 Å². The first-order chi connectivity index (χ1) is 13.4. The van der Waals surface area contributed by atoms with Crippen molar-refractivity contribution in [2.24, 2.45) is 5.41 Å². The van der Waals surface area contributed by atoms with Gasteiger partial charge in [-0.15, -0.1) is 0 Å². The van der Waals surface area contributed by atoms with Gasteiger partial charge in [-0.3, -0.25) is 19.7 Å². The number of carbonyl (C=O) groups excluding carboxylic acids is 3. The predicted octanol–water partition coefficient (Wildman–Crippen LogP) is 0.925. The van der Waals surface area contributed by atoms with Crippen LogP contribution in [-0.2, 0) is 22.7 Å². The van der Waals surface area contributed by atoms with Gasteiger partial charge in [0.2, 0.25) is 11.8 Å². The van der Waals surface area contributed by atoms with Gasteiger partial charge < -0.3 is 15.5 Å². The standard InChI is InChI=1S/C21H28N4O3/c1-21(2)12-22-9-8-16(21)23-10-13-4-3-5-14-11-25(20(28)18(13)14)15-6-7-17(26)24-19(15)27/h3-5,15-16,22-23H,6-12H2,1-2H3,(H,24,26,27). The third-order valence-electron chi connectivity index (χ3n) is 6.31. The molecule has 0 aliphatic carbocycles. The van der Waals surface area contributed by atoms with Gasteiger partial charge in [-0.2, -0.15) is 0 Å². The smallest absolute Gasteiger partial charge is 0.255 e. The average molecular weight is 384 g/mol. The van der Waals surface area contributed by atoms with Crippen LogP contribution in [0.4, 0.5) is 0 Å². The fourth-order valence-electron chi connectivity index (χ4n) is 4.62. The van der Waals surface area contributed by atoms with Gasteiger partial charge in [0.05, 0.1) is 0 Å². The Kier molecular flexibility index (Phi) is 4.97. The Hall–Kier alpha value is -2.25. The molecule has 150 valence electrons. The van der Waals surface area contributed by atoms with Crippen molar-refractivity contribution >= 4 is 17.7 Å². The van der Waals surface area contributed by atoms with Crippen molar-refractivity contribution in [3.05, 3.63) is 34.9 Å². The lowest BCUT2D eigenvalue weighted by Gasteiger charge is -2.39. The average Bonchev–Trinajstić information content (AvgIpc) is 2.98. The lowest BCUT2D eigenvalue weighted by atomic mass is 9.80. The number of piperidine rings is 2. The molecular formula is C21H28N4O3. The van der Waals surface area contributed by atoms with E-state index in [2.05, 4.69) is 29.8 Å². The van der Waals surface area contributed by atoms with E-state index in [1.165, 1.54) is 0 Å². The van der Waals surface area contributed by atoms with Gasteiger partial charge in [0, 0.05) is 37.7 Å². The Bertz CT molecular complexity index is 820. The SMILES string of the molecule is CC1(C)CNCCC1NCc1cccc2c1C(=O)N(C1CCC(=O)NC1=O)C2. The largest absolute Gasteiger partial charge is 0.322 e. The summed E-state index contributed by atoms with van der Waals surface area (Å²) in [6, 6.07) is 5.74. The summed E-state index contributed by atoms with van der Waals surface area (Å²) in [6.07, 6.45) is 1.72. The summed E-state index contributed by atoms with van der Waals surface area (Å²) in [5.41, 5.74) is 2.80. The third kappa shape index (κ3) is 3.44. The summed E-state index contributed by atoms with van der Waals surface area (Å²) in [4.78, 5) is 38.4. The number of nitrogens with one attached hydrogen (secondary N) is 3. The van der Waals surface area contributed by atoms with Crippen molar-refractivity contribution in [2.75, 3.05) is 13.1 Å². The van der Waals surface area contributed by atoms with E-state index in [0.717, 1.165) is 30.6 Å². The predicted molar refractivity (Wildman–Crippen MR) is 104 cm³/mol.